The number of anilines is 1. The van der Waals surface area contributed by atoms with Gasteiger partial charge in [0.1, 0.15) is 6.07 Å². The van der Waals surface area contributed by atoms with E-state index in [1.165, 1.54) is 23.5 Å². The lowest BCUT2D eigenvalue weighted by Gasteiger charge is -2.05. The van der Waals surface area contributed by atoms with E-state index in [0.29, 0.717) is 5.56 Å². The van der Waals surface area contributed by atoms with Crippen LogP contribution in [-0.4, -0.2) is 10.8 Å². The van der Waals surface area contributed by atoms with Gasteiger partial charge in [-0.15, -0.1) is 11.3 Å². The minimum atomic E-state index is -0.595. The summed E-state index contributed by atoms with van der Waals surface area (Å²) in [5, 5.41) is 23.8. The Bertz CT molecular complexity index is 736. The Morgan fingerprint density at radius 2 is 2.20 bits per heavy atom. The standard InChI is InChI=1S/C12H6BrN3O3S/c13-11-4-8(6-20-11)12(17)15-10-2-1-9(16(18)19)3-7(10)5-14/h1-4,6H,(H,15,17). The minimum Gasteiger partial charge on any atom is -0.321 e. The molecule has 2 rings (SSSR count). The van der Waals surface area contributed by atoms with E-state index in [9.17, 15) is 14.9 Å². The Balaban J connectivity index is 2.28. The molecule has 0 bridgehead atoms. The first kappa shape index (κ1) is 14.2. The molecule has 0 aliphatic heterocycles. The van der Waals surface area contributed by atoms with Gasteiger partial charge in [0.25, 0.3) is 11.6 Å². The maximum absolute atomic E-state index is 11.9. The normalized spacial score (nSPS) is 9.80. The summed E-state index contributed by atoms with van der Waals surface area (Å²) in [5.74, 6) is -0.377. The molecule has 1 heterocycles. The molecule has 1 amide bonds. The SMILES string of the molecule is N#Cc1cc([N+](=O)[O-])ccc1NC(=O)c1csc(Br)c1. The summed E-state index contributed by atoms with van der Waals surface area (Å²) in [6.07, 6.45) is 0. The van der Waals surface area contributed by atoms with Crippen molar-refractivity contribution in [3.8, 4) is 6.07 Å². The third kappa shape index (κ3) is 3.01. The van der Waals surface area contributed by atoms with Gasteiger partial charge in [0.2, 0.25) is 0 Å². The molecule has 0 saturated carbocycles. The van der Waals surface area contributed by atoms with Crippen LogP contribution in [-0.2, 0) is 0 Å². The molecular weight excluding hydrogens is 346 g/mol. The van der Waals surface area contributed by atoms with Crippen molar-refractivity contribution < 1.29 is 9.72 Å². The van der Waals surface area contributed by atoms with E-state index in [2.05, 4.69) is 21.2 Å². The number of carbonyl (C=O) groups is 1. The first-order valence-electron chi connectivity index (χ1n) is 5.25. The number of nitrogens with zero attached hydrogens (tertiary/aromatic N) is 2. The number of nitro groups is 1. The van der Waals surface area contributed by atoms with Crippen LogP contribution in [0.5, 0.6) is 0 Å². The number of halogens is 1. The number of benzene rings is 1. The number of thiophene rings is 1. The van der Waals surface area contributed by atoms with Crippen LogP contribution < -0.4 is 5.32 Å². The quantitative estimate of drug-likeness (QED) is 0.675. The summed E-state index contributed by atoms with van der Waals surface area (Å²) in [4.78, 5) is 22.0. The van der Waals surface area contributed by atoms with E-state index in [1.807, 2.05) is 6.07 Å². The van der Waals surface area contributed by atoms with Crippen LogP contribution in [0.1, 0.15) is 15.9 Å². The van der Waals surface area contributed by atoms with Crippen LogP contribution >= 0.6 is 27.3 Å². The Hall–Kier alpha value is -2.24. The summed E-state index contributed by atoms with van der Waals surface area (Å²) in [5.41, 5.74) is 0.536. The van der Waals surface area contributed by atoms with Crippen molar-refractivity contribution in [2.45, 2.75) is 0 Å². The zero-order valence-corrected chi connectivity index (χ0v) is 12.2. The van der Waals surface area contributed by atoms with Gasteiger partial charge in [0.05, 0.1) is 25.5 Å². The van der Waals surface area contributed by atoms with Gasteiger partial charge in [-0.05, 0) is 28.1 Å². The van der Waals surface area contributed by atoms with E-state index < -0.39 is 4.92 Å². The van der Waals surface area contributed by atoms with Crippen LogP contribution in [0.3, 0.4) is 0 Å². The molecule has 1 aromatic heterocycles. The molecule has 1 aromatic carbocycles. The second kappa shape index (κ2) is 5.81. The number of non-ortho nitro benzene ring substituents is 1. The summed E-state index contributed by atoms with van der Waals surface area (Å²) in [6.45, 7) is 0. The van der Waals surface area contributed by atoms with E-state index in [-0.39, 0.29) is 22.8 Å². The first-order chi connectivity index (χ1) is 9.51. The minimum absolute atomic E-state index is 0.0434. The highest BCUT2D eigenvalue weighted by Gasteiger charge is 2.14. The molecule has 0 aliphatic rings. The molecule has 1 N–H and O–H groups in total. The number of hydrogen-bond donors (Lipinski definition) is 1. The number of hydrogen-bond acceptors (Lipinski definition) is 5. The second-order valence-corrected chi connectivity index (χ2v) is 5.98. The van der Waals surface area contributed by atoms with Gasteiger partial charge in [-0.25, -0.2) is 0 Å². The van der Waals surface area contributed by atoms with Crippen LogP contribution in [0.4, 0.5) is 11.4 Å². The smallest absolute Gasteiger partial charge is 0.270 e. The summed E-state index contributed by atoms with van der Waals surface area (Å²) in [7, 11) is 0. The summed E-state index contributed by atoms with van der Waals surface area (Å²) in [6, 6.07) is 7.18. The maximum Gasteiger partial charge on any atom is 0.270 e. The molecule has 0 spiro atoms. The molecule has 6 nitrogen and oxygen atoms in total. The van der Waals surface area contributed by atoms with Crippen molar-refractivity contribution in [2.24, 2.45) is 0 Å². The van der Waals surface area contributed by atoms with E-state index in [0.717, 1.165) is 9.85 Å². The highest BCUT2D eigenvalue weighted by atomic mass is 79.9. The maximum atomic E-state index is 11.9. The Labute approximate surface area is 125 Å². The molecule has 0 aliphatic carbocycles. The zero-order chi connectivity index (χ0) is 14.7. The van der Waals surface area contributed by atoms with E-state index >= 15 is 0 Å². The van der Waals surface area contributed by atoms with Crippen LogP contribution in [0, 0.1) is 21.4 Å². The summed E-state index contributed by atoms with van der Waals surface area (Å²) >= 11 is 4.61. The monoisotopic (exact) mass is 351 g/mol. The van der Waals surface area contributed by atoms with Crippen LogP contribution in [0.15, 0.2) is 33.4 Å². The predicted octanol–water partition coefficient (Wildman–Crippen LogP) is 3.54. The Morgan fingerprint density at radius 3 is 2.75 bits per heavy atom. The fraction of sp³-hybridized carbons (Fsp3) is 0. The van der Waals surface area contributed by atoms with Crippen molar-refractivity contribution >= 4 is 44.5 Å². The second-order valence-electron chi connectivity index (χ2n) is 3.69. The highest BCUT2D eigenvalue weighted by molar-refractivity contribution is 9.11. The highest BCUT2D eigenvalue weighted by Crippen LogP contribution is 2.24. The van der Waals surface area contributed by atoms with Crippen LogP contribution in [0.2, 0.25) is 0 Å². The Morgan fingerprint density at radius 1 is 1.45 bits per heavy atom. The fourth-order valence-corrected chi connectivity index (χ4v) is 2.61. The van der Waals surface area contributed by atoms with E-state index in [1.54, 1.807) is 11.4 Å². The number of nitrogens with one attached hydrogen (secondary N) is 1. The molecule has 0 atom stereocenters. The van der Waals surface area contributed by atoms with Gasteiger partial charge in [-0.2, -0.15) is 5.26 Å². The lowest BCUT2D eigenvalue weighted by atomic mass is 10.1. The molecule has 0 fully saturated rings. The number of rotatable bonds is 3. The lowest BCUT2D eigenvalue weighted by Crippen LogP contribution is -2.12. The molecular formula is C12H6BrN3O3S. The third-order valence-corrected chi connectivity index (χ3v) is 3.92. The van der Waals surface area contributed by atoms with E-state index in [4.69, 9.17) is 5.26 Å². The molecule has 0 radical (unpaired) electrons. The van der Waals surface area contributed by atoms with Crippen molar-refractivity contribution in [1.29, 1.82) is 5.26 Å². The van der Waals surface area contributed by atoms with Gasteiger partial charge in [0.15, 0.2) is 0 Å². The van der Waals surface area contributed by atoms with Gasteiger partial charge < -0.3 is 5.32 Å². The Kier molecular flexibility index (Phi) is 4.12. The number of nitro benzene ring substituents is 1. The number of nitriles is 1. The third-order valence-electron chi connectivity index (χ3n) is 2.41. The topological polar surface area (TPSA) is 96.0 Å². The first-order valence-corrected chi connectivity index (χ1v) is 6.92. The zero-order valence-electron chi connectivity index (χ0n) is 9.79. The average molecular weight is 352 g/mol. The predicted molar refractivity (Wildman–Crippen MR) is 77.8 cm³/mol. The average Bonchev–Trinajstić information content (AvgIpc) is 2.85. The van der Waals surface area contributed by atoms with Gasteiger partial charge in [-0.1, -0.05) is 0 Å². The molecule has 0 unspecified atom stereocenters. The van der Waals surface area contributed by atoms with Gasteiger partial charge in [0, 0.05) is 17.5 Å². The molecule has 20 heavy (non-hydrogen) atoms. The van der Waals surface area contributed by atoms with Crippen molar-refractivity contribution in [1.82, 2.24) is 0 Å². The number of carbonyl (C=O) groups excluding carboxylic acids is 1. The van der Waals surface area contributed by atoms with Gasteiger partial charge in [-0.3, -0.25) is 14.9 Å². The fourth-order valence-electron chi connectivity index (χ4n) is 1.47. The largest absolute Gasteiger partial charge is 0.321 e. The summed E-state index contributed by atoms with van der Waals surface area (Å²) < 4.78 is 0.812. The van der Waals surface area contributed by atoms with Gasteiger partial charge >= 0.3 is 0 Å². The number of amides is 1. The van der Waals surface area contributed by atoms with Crippen molar-refractivity contribution in [3.63, 3.8) is 0 Å². The van der Waals surface area contributed by atoms with Crippen molar-refractivity contribution in [3.05, 3.63) is 54.7 Å². The van der Waals surface area contributed by atoms with Crippen molar-refractivity contribution in [2.75, 3.05) is 5.32 Å². The lowest BCUT2D eigenvalue weighted by molar-refractivity contribution is -0.384. The molecule has 8 heteroatoms. The van der Waals surface area contributed by atoms with Crippen LogP contribution in [0.25, 0.3) is 0 Å². The molecule has 0 saturated heterocycles. The molecule has 2 aromatic rings. The molecule has 100 valence electrons.